The molecule has 0 spiro atoms. The summed E-state index contributed by atoms with van der Waals surface area (Å²) >= 11 is 2.42. The third-order valence-corrected chi connectivity index (χ3v) is 3.37. The Kier molecular flexibility index (Phi) is 5.50. The molecule has 0 radical (unpaired) electrons. The average Bonchev–Trinajstić information content (AvgIpc) is 2.09. The van der Waals surface area contributed by atoms with Crippen molar-refractivity contribution in [2.24, 2.45) is 0 Å². The molecule has 3 heteroatoms. The van der Waals surface area contributed by atoms with Crippen LogP contribution >= 0.6 is 22.9 Å². The van der Waals surface area contributed by atoms with Crippen molar-refractivity contribution in [3.63, 3.8) is 0 Å². The van der Waals surface area contributed by atoms with E-state index in [2.05, 4.69) is 38.2 Å². The summed E-state index contributed by atoms with van der Waals surface area (Å²) in [4.78, 5) is 0. The van der Waals surface area contributed by atoms with Crippen LogP contribution in [-0.2, 0) is 0 Å². The third-order valence-electron chi connectivity index (χ3n) is 2.40. The van der Waals surface area contributed by atoms with Gasteiger partial charge in [0.2, 0.25) is 0 Å². The molecule has 12 heavy (non-hydrogen) atoms. The monoisotopic (exact) mass is 282 g/mol. The van der Waals surface area contributed by atoms with Crippen LogP contribution in [0.3, 0.4) is 0 Å². The van der Waals surface area contributed by atoms with Crippen molar-refractivity contribution in [3.05, 3.63) is 0 Å². The summed E-state index contributed by atoms with van der Waals surface area (Å²) in [5, 5.41) is 3.61. The second kappa shape index (κ2) is 6.16. The highest BCUT2D eigenvalue weighted by atomic mass is 127. The molecule has 1 aliphatic rings. The van der Waals surface area contributed by atoms with Gasteiger partial charge < -0.3 is 5.32 Å². The maximum atomic E-state index is 3.61. The highest BCUT2D eigenvalue weighted by Gasteiger charge is 2.15. The topological polar surface area (TPSA) is 15.3 Å². The first-order valence-electron chi connectivity index (χ1n) is 4.97. The molecule has 0 atom stereocenters. The first-order valence-corrected chi connectivity index (χ1v) is 5.93. The summed E-state index contributed by atoms with van der Waals surface area (Å²) in [6.45, 7) is 5.96. The Morgan fingerprint density at radius 1 is 1.42 bits per heavy atom. The molecule has 1 aliphatic heterocycles. The molecule has 0 amide bonds. The summed E-state index contributed by atoms with van der Waals surface area (Å²) in [6, 6.07) is 0.794. The van der Waals surface area contributed by atoms with Gasteiger partial charge in [-0.25, -0.2) is 3.11 Å². The minimum absolute atomic E-state index is 0.794. The van der Waals surface area contributed by atoms with E-state index in [-0.39, 0.29) is 0 Å². The standard InChI is InChI=1S/C9H19IN2/c1-2-3-6-11-9-4-7-12(10)8-5-9/h9,11H,2-8H2,1H3. The van der Waals surface area contributed by atoms with Crippen LogP contribution < -0.4 is 5.32 Å². The van der Waals surface area contributed by atoms with Crippen molar-refractivity contribution < 1.29 is 0 Å². The Morgan fingerprint density at radius 2 is 2.08 bits per heavy atom. The zero-order valence-corrected chi connectivity index (χ0v) is 10.0. The fourth-order valence-corrected chi connectivity index (χ4v) is 2.09. The van der Waals surface area contributed by atoms with Crippen LogP contribution in [-0.4, -0.2) is 28.8 Å². The van der Waals surface area contributed by atoms with Gasteiger partial charge in [0.05, 0.1) is 0 Å². The molecule has 2 nitrogen and oxygen atoms in total. The van der Waals surface area contributed by atoms with Crippen LogP contribution in [0.1, 0.15) is 32.6 Å². The molecule has 0 aromatic carbocycles. The largest absolute Gasteiger partial charge is 0.314 e. The number of nitrogens with one attached hydrogen (secondary N) is 1. The normalized spacial score (nSPS) is 21.5. The van der Waals surface area contributed by atoms with Crippen LogP contribution in [0.5, 0.6) is 0 Å². The molecule has 72 valence electrons. The van der Waals surface area contributed by atoms with E-state index in [0.717, 1.165) is 6.04 Å². The zero-order chi connectivity index (χ0) is 8.81. The van der Waals surface area contributed by atoms with E-state index in [1.807, 2.05) is 0 Å². The highest BCUT2D eigenvalue weighted by molar-refractivity contribution is 14.1. The number of hydrogen-bond acceptors (Lipinski definition) is 2. The van der Waals surface area contributed by atoms with E-state index in [1.54, 1.807) is 0 Å². The highest BCUT2D eigenvalue weighted by Crippen LogP contribution is 2.13. The van der Waals surface area contributed by atoms with Crippen molar-refractivity contribution in [1.29, 1.82) is 0 Å². The number of piperidine rings is 1. The van der Waals surface area contributed by atoms with E-state index in [4.69, 9.17) is 0 Å². The molecular weight excluding hydrogens is 263 g/mol. The number of nitrogens with zero attached hydrogens (tertiary/aromatic N) is 1. The Hall–Kier alpha value is 0.650. The van der Waals surface area contributed by atoms with Crippen LogP contribution in [0.15, 0.2) is 0 Å². The second-order valence-corrected chi connectivity index (χ2v) is 4.86. The van der Waals surface area contributed by atoms with Gasteiger partial charge in [-0.1, -0.05) is 13.3 Å². The molecular formula is C9H19IN2. The van der Waals surface area contributed by atoms with Gasteiger partial charge in [0, 0.05) is 42.0 Å². The predicted molar refractivity (Wildman–Crippen MR) is 61.5 cm³/mol. The first kappa shape index (κ1) is 10.7. The quantitative estimate of drug-likeness (QED) is 0.483. The molecule has 1 N–H and O–H groups in total. The first-order chi connectivity index (χ1) is 5.83. The van der Waals surface area contributed by atoms with E-state index in [0.29, 0.717) is 0 Å². The van der Waals surface area contributed by atoms with Gasteiger partial charge in [0.25, 0.3) is 0 Å². The number of unbranched alkanes of at least 4 members (excludes halogenated alkanes) is 1. The molecule has 0 bridgehead atoms. The summed E-state index contributed by atoms with van der Waals surface area (Å²) in [6.07, 6.45) is 5.28. The lowest BCUT2D eigenvalue weighted by Gasteiger charge is -2.28. The van der Waals surface area contributed by atoms with Crippen LogP contribution in [0, 0.1) is 0 Å². The van der Waals surface area contributed by atoms with Gasteiger partial charge >= 0.3 is 0 Å². The maximum Gasteiger partial charge on any atom is 0.0201 e. The Bertz CT molecular complexity index is 111. The van der Waals surface area contributed by atoms with Crippen molar-refractivity contribution in [2.75, 3.05) is 19.6 Å². The Labute approximate surface area is 89.6 Å². The molecule has 1 rings (SSSR count). The summed E-state index contributed by atoms with van der Waals surface area (Å²) < 4.78 is 2.38. The van der Waals surface area contributed by atoms with Gasteiger partial charge in [-0.05, 0) is 25.8 Å². The molecule has 1 heterocycles. The van der Waals surface area contributed by atoms with Gasteiger partial charge in [0.1, 0.15) is 0 Å². The Balaban J connectivity index is 2.01. The van der Waals surface area contributed by atoms with Gasteiger partial charge in [0.15, 0.2) is 0 Å². The maximum absolute atomic E-state index is 3.61. The molecule has 1 fully saturated rings. The number of hydrogen-bond donors (Lipinski definition) is 1. The minimum atomic E-state index is 0.794. The molecule has 0 aromatic heterocycles. The Morgan fingerprint density at radius 3 is 2.67 bits per heavy atom. The van der Waals surface area contributed by atoms with E-state index < -0.39 is 0 Å². The van der Waals surface area contributed by atoms with E-state index in [1.165, 1.54) is 45.3 Å². The van der Waals surface area contributed by atoms with Crippen LogP contribution in [0.25, 0.3) is 0 Å². The number of rotatable bonds is 4. The molecule has 0 saturated carbocycles. The third kappa shape index (κ3) is 4.05. The fourth-order valence-electron chi connectivity index (χ4n) is 1.54. The zero-order valence-electron chi connectivity index (χ0n) is 7.85. The summed E-state index contributed by atoms with van der Waals surface area (Å²) in [7, 11) is 0. The molecule has 1 saturated heterocycles. The van der Waals surface area contributed by atoms with Crippen LogP contribution in [0.2, 0.25) is 0 Å². The minimum Gasteiger partial charge on any atom is -0.314 e. The fraction of sp³-hybridized carbons (Fsp3) is 1.00. The van der Waals surface area contributed by atoms with Gasteiger partial charge in [-0.2, -0.15) is 0 Å². The summed E-state index contributed by atoms with van der Waals surface area (Å²) in [5.74, 6) is 0. The molecule has 0 aliphatic carbocycles. The number of halogens is 1. The SMILES string of the molecule is CCCCNC1CCN(I)CC1. The lowest BCUT2D eigenvalue weighted by atomic mass is 10.1. The van der Waals surface area contributed by atoms with E-state index in [9.17, 15) is 0 Å². The molecule has 0 unspecified atom stereocenters. The molecule has 0 aromatic rings. The average molecular weight is 282 g/mol. The van der Waals surface area contributed by atoms with Crippen molar-refractivity contribution in [3.8, 4) is 0 Å². The van der Waals surface area contributed by atoms with E-state index >= 15 is 0 Å². The van der Waals surface area contributed by atoms with Crippen molar-refractivity contribution in [1.82, 2.24) is 8.43 Å². The van der Waals surface area contributed by atoms with Crippen molar-refractivity contribution >= 4 is 22.9 Å². The van der Waals surface area contributed by atoms with Gasteiger partial charge in [-0.15, -0.1) is 0 Å². The predicted octanol–water partition coefficient (Wildman–Crippen LogP) is 2.19. The lowest BCUT2D eigenvalue weighted by molar-refractivity contribution is 0.324. The van der Waals surface area contributed by atoms with Crippen LogP contribution in [0.4, 0.5) is 0 Å². The smallest absolute Gasteiger partial charge is 0.0201 e. The van der Waals surface area contributed by atoms with Gasteiger partial charge in [-0.3, -0.25) is 0 Å². The second-order valence-electron chi connectivity index (χ2n) is 3.49. The van der Waals surface area contributed by atoms with Crippen molar-refractivity contribution in [2.45, 2.75) is 38.6 Å². The summed E-state index contributed by atoms with van der Waals surface area (Å²) in [5.41, 5.74) is 0. The lowest BCUT2D eigenvalue weighted by Crippen LogP contribution is -2.39.